The number of alkyl halides is 2. The number of pyridine rings is 2. The number of aryl methyl sites for hydroxylation is 1. The molecule has 1 aromatic carbocycles. The summed E-state index contributed by atoms with van der Waals surface area (Å²) in [5.74, 6) is -0.958. The minimum absolute atomic E-state index is 0.0176. The summed E-state index contributed by atoms with van der Waals surface area (Å²) >= 11 is 0. The van der Waals surface area contributed by atoms with Gasteiger partial charge >= 0.3 is 0 Å². The van der Waals surface area contributed by atoms with E-state index in [0.717, 1.165) is 12.1 Å². The molecule has 3 heterocycles. The Balaban J connectivity index is 1.72. The summed E-state index contributed by atoms with van der Waals surface area (Å²) in [5, 5.41) is 11.0. The average Bonchev–Trinajstić information content (AvgIpc) is 3.23. The normalized spacial score (nSPS) is 11.3. The molecule has 0 unspecified atom stereocenters. The van der Waals surface area contributed by atoms with Crippen molar-refractivity contribution in [2.45, 2.75) is 19.9 Å². The van der Waals surface area contributed by atoms with Crippen LogP contribution in [0, 0.1) is 18.6 Å². The number of methoxy groups -OCH3 is 1. The van der Waals surface area contributed by atoms with Crippen LogP contribution in [-0.2, 0) is 6.54 Å². The topological polar surface area (TPSA) is 64.3 Å². The molecule has 4 rings (SSSR count). The number of ether oxygens (including phenoxy) is 1. The Morgan fingerprint density at radius 3 is 2.68 bits per heavy atom. The van der Waals surface area contributed by atoms with Crippen molar-refractivity contribution < 1.29 is 22.3 Å². The molecule has 0 amide bonds. The molecule has 4 aromatic rings. The first-order valence-corrected chi connectivity index (χ1v) is 9.22. The van der Waals surface area contributed by atoms with Crippen molar-refractivity contribution in [3.05, 3.63) is 71.3 Å². The van der Waals surface area contributed by atoms with Gasteiger partial charge in [-0.1, -0.05) is 0 Å². The molecule has 10 heteroatoms. The van der Waals surface area contributed by atoms with Gasteiger partial charge in [0.1, 0.15) is 29.5 Å². The highest BCUT2D eigenvalue weighted by atomic mass is 19.3. The number of nitrogens with one attached hydrogen (secondary N) is 1. The summed E-state index contributed by atoms with van der Waals surface area (Å²) < 4.78 is 61.4. The van der Waals surface area contributed by atoms with Crippen molar-refractivity contribution in [3.63, 3.8) is 0 Å². The summed E-state index contributed by atoms with van der Waals surface area (Å²) in [7, 11) is 1.32. The quantitative estimate of drug-likeness (QED) is 0.439. The Hall–Kier alpha value is -3.69. The van der Waals surface area contributed by atoms with E-state index in [9.17, 15) is 17.6 Å². The van der Waals surface area contributed by atoms with Gasteiger partial charge in [0.25, 0.3) is 6.43 Å². The van der Waals surface area contributed by atoms with Crippen molar-refractivity contribution in [2.24, 2.45) is 0 Å². The molecule has 160 valence electrons. The van der Waals surface area contributed by atoms with E-state index >= 15 is 0 Å². The Kier molecular flexibility index (Phi) is 5.45. The second kappa shape index (κ2) is 8.21. The SMILES string of the molecule is COc1cc(F)cc(F)c1CNc1ccc(-c2cnc(C)cc2C(F)F)c2nncn12. The molecule has 0 bridgehead atoms. The summed E-state index contributed by atoms with van der Waals surface area (Å²) in [6, 6.07) is 6.45. The lowest BCUT2D eigenvalue weighted by atomic mass is 10.0. The third-order valence-corrected chi connectivity index (χ3v) is 4.84. The fraction of sp³-hybridized carbons (Fsp3) is 0.190. The fourth-order valence-electron chi connectivity index (χ4n) is 3.37. The van der Waals surface area contributed by atoms with E-state index in [-0.39, 0.29) is 29.0 Å². The van der Waals surface area contributed by atoms with Crippen LogP contribution in [0.4, 0.5) is 23.4 Å². The first kappa shape index (κ1) is 20.6. The van der Waals surface area contributed by atoms with Crippen molar-refractivity contribution in [1.82, 2.24) is 19.6 Å². The third kappa shape index (κ3) is 3.88. The van der Waals surface area contributed by atoms with Gasteiger partial charge in [-0.05, 0) is 25.1 Å². The molecule has 31 heavy (non-hydrogen) atoms. The molecule has 0 radical (unpaired) electrons. The van der Waals surface area contributed by atoms with Gasteiger partial charge in [0.2, 0.25) is 0 Å². The van der Waals surface area contributed by atoms with Crippen LogP contribution in [0.3, 0.4) is 0 Å². The first-order chi connectivity index (χ1) is 14.9. The van der Waals surface area contributed by atoms with E-state index in [1.165, 1.54) is 25.7 Å². The lowest BCUT2D eigenvalue weighted by Gasteiger charge is -2.15. The number of benzene rings is 1. The molecular weight excluding hydrogens is 414 g/mol. The second-order valence-corrected chi connectivity index (χ2v) is 6.79. The maximum Gasteiger partial charge on any atom is 0.264 e. The lowest BCUT2D eigenvalue weighted by Crippen LogP contribution is -2.08. The number of rotatable bonds is 6. The number of hydrogen-bond acceptors (Lipinski definition) is 5. The average molecular weight is 431 g/mol. The first-order valence-electron chi connectivity index (χ1n) is 9.22. The Morgan fingerprint density at radius 2 is 1.94 bits per heavy atom. The van der Waals surface area contributed by atoms with E-state index in [0.29, 0.717) is 22.7 Å². The third-order valence-electron chi connectivity index (χ3n) is 4.84. The maximum absolute atomic E-state index is 14.2. The molecule has 6 nitrogen and oxygen atoms in total. The summed E-state index contributed by atoms with van der Waals surface area (Å²) in [6.45, 7) is 1.62. The van der Waals surface area contributed by atoms with Crippen LogP contribution >= 0.6 is 0 Å². The molecule has 3 aromatic heterocycles. The standard InChI is InChI=1S/C21H17F4N5O/c1-11-5-14(20(24)25)15(8-26-11)13-3-4-19(30-10-28-29-21(13)30)27-9-16-17(23)6-12(22)7-18(16)31-2/h3-8,10,20,27H,9H2,1-2H3. The van der Waals surface area contributed by atoms with Gasteiger partial charge in [0, 0.05) is 52.8 Å². The highest BCUT2D eigenvalue weighted by molar-refractivity contribution is 5.80. The Labute approximate surface area is 174 Å². The highest BCUT2D eigenvalue weighted by Gasteiger charge is 2.19. The van der Waals surface area contributed by atoms with E-state index in [2.05, 4.69) is 20.5 Å². The number of halogens is 4. The predicted octanol–water partition coefficient (Wildman–Crippen LogP) is 4.94. The van der Waals surface area contributed by atoms with Crippen LogP contribution in [0.2, 0.25) is 0 Å². The molecule has 0 saturated heterocycles. The minimum atomic E-state index is -2.69. The molecule has 0 fully saturated rings. The molecule has 0 aliphatic rings. The van der Waals surface area contributed by atoms with Gasteiger partial charge in [0.15, 0.2) is 5.65 Å². The summed E-state index contributed by atoms with van der Waals surface area (Å²) in [6.07, 6.45) is 0.0990. The predicted molar refractivity (Wildman–Crippen MR) is 106 cm³/mol. The monoisotopic (exact) mass is 431 g/mol. The highest BCUT2D eigenvalue weighted by Crippen LogP contribution is 2.34. The smallest absolute Gasteiger partial charge is 0.264 e. The molecule has 0 atom stereocenters. The van der Waals surface area contributed by atoms with Gasteiger partial charge in [-0.2, -0.15) is 0 Å². The van der Waals surface area contributed by atoms with Gasteiger partial charge in [-0.25, -0.2) is 17.6 Å². The van der Waals surface area contributed by atoms with Crippen molar-refractivity contribution in [3.8, 4) is 16.9 Å². The van der Waals surface area contributed by atoms with Crippen LogP contribution in [0.15, 0.2) is 42.9 Å². The number of aromatic nitrogens is 4. The van der Waals surface area contributed by atoms with E-state index < -0.39 is 18.1 Å². The second-order valence-electron chi connectivity index (χ2n) is 6.79. The summed E-state index contributed by atoms with van der Waals surface area (Å²) in [5.41, 5.74) is 1.45. The number of hydrogen-bond donors (Lipinski definition) is 1. The molecule has 0 saturated carbocycles. The maximum atomic E-state index is 14.2. The zero-order chi connectivity index (χ0) is 22.1. The number of nitrogens with zero attached hydrogens (tertiary/aromatic N) is 4. The van der Waals surface area contributed by atoms with E-state index in [1.807, 2.05) is 0 Å². The van der Waals surface area contributed by atoms with Gasteiger partial charge < -0.3 is 10.1 Å². The van der Waals surface area contributed by atoms with Gasteiger partial charge in [-0.15, -0.1) is 10.2 Å². The molecule has 1 N–H and O–H groups in total. The van der Waals surface area contributed by atoms with Crippen LogP contribution < -0.4 is 10.1 Å². The molecule has 0 aliphatic carbocycles. The lowest BCUT2D eigenvalue weighted by molar-refractivity contribution is 0.152. The van der Waals surface area contributed by atoms with E-state index in [4.69, 9.17) is 4.74 Å². The van der Waals surface area contributed by atoms with Crippen LogP contribution in [-0.4, -0.2) is 26.7 Å². The van der Waals surface area contributed by atoms with Crippen molar-refractivity contribution in [2.75, 3.05) is 12.4 Å². The zero-order valence-electron chi connectivity index (χ0n) is 16.5. The molecule has 0 spiro atoms. The zero-order valence-corrected chi connectivity index (χ0v) is 16.5. The number of fused-ring (bicyclic) bond motifs is 1. The Morgan fingerprint density at radius 1 is 1.13 bits per heavy atom. The fourth-order valence-corrected chi connectivity index (χ4v) is 3.37. The van der Waals surface area contributed by atoms with Gasteiger partial charge in [0.05, 0.1) is 7.11 Å². The van der Waals surface area contributed by atoms with Crippen molar-refractivity contribution >= 4 is 11.5 Å². The van der Waals surface area contributed by atoms with Gasteiger partial charge in [-0.3, -0.25) is 9.38 Å². The summed E-state index contributed by atoms with van der Waals surface area (Å²) in [4.78, 5) is 4.13. The van der Waals surface area contributed by atoms with Crippen LogP contribution in [0.1, 0.15) is 23.2 Å². The largest absolute Gasteiger partial charge is 0.496 e. The van der Waals surface area contributed by atoms with Crippen LogP contribution in [0.25, 0.3) is 16.8 Å². The Bertz CT molecular complexity index is 1260. The van der Waals surface area contributed by atoms with Crippen molar-refractivity contribution in [1.29, 1.82) is 0 Å². The minimum Gasteiger partial charge on any atom is -0.496 e. The van der Waals surface area contributed by atoms with E-state index in [1.54, 1.807) is 23.5 Å². The molecular formula is C21H17F4N5O. The molecule has 0 aliphatic heterocycles. The van der Waals surface area contributed by atoms with Crippen LogP contribution in [0.5, 0.6) is 5.75 Å². The number of anilines is 1.